The molecule has 0 aliphatic rings. The van der Waals surface area contributed by atoms with Crippen LogP contribution in [0.4, 0.5) is 0 Å². The van der Waals surface area contributed by atoms with Crippen molar-refractivity contribution in [3.63, 3.8) is 0 Å². The number of aliphatic hydroxyl groups is 1. The molecule has 3 rings (SSSR count). The summed E-state index contributed by atoms with van der Waals surface area (Å²) in [6.07, 6.45) is 3.36. The molecule has 0 aliphatic carbocycles. The molecule has 0 saturated carbocycles. The van der Waals surface area contributed by atoms with Crippen molar-refractivity contribution in [3.05, 3.63) is 84.2 Å². The number of rotatable bonds is 6. The Labute approximate surface area is 146 Å². The molecule has 0 fully saturated rings. The topological polar surface area (TPSA) is 67.2 Å². The van der Waals surface area contributed by atoms with Gasteiger partial charge in [-0.25, -0.2) is 4.68 Å². The van der Waals surface area contributed by atoms with Crippen molar-refractivity contribution in [2.45, 2.75) is 25.5 Å². The minimum absolute atomic E-state index is 0.214. The van der Waals surface area contributed by atoms with E-state index in [0.717, 1.165) is 11.3 Å². The first kappa shape index (κ1) is 16.9. The van der Waals surface area contributed by atoms with E-state index in [2.05, 4.69) is 10.4 Å². The van der Waals surface area contributed by atoms with E-state index < -0.39 is 6.10 Å². The molecule has 0 spiro atoms. The third kappa shape index (κ3) is 4.33. The van der Waals surface area contributed by atoms with Crippen LogP contribution in [-0.4, -0.2) is 32.9 Å². The predicted molar refractivity (Wildman–Crippen MR) is 96.6 cm³/mol. The number of benzene rings is 2. The van der Waals surface area contributed by atoms with E-state index in [4.69, 9.17) is 0 Å². The van der Waals surface area contributed by atoms with Gasteiger partial charge >= 0.3 is 0 Å². The lowest BCUT2D eigenvalue weighted by atomic mass is 10.0. The van der Waals surface area contributed by atoms with E-state index >= 15 is 0 Å². The molecule has 2 N–H and O–H groups in total. The van der Waals surface area contributed by atoms with Crippen molar-refractivity contribution < 1.29 is 9.90 Å². The Bertz CT molecular complexity index is 816. The van der Waals surface area contributed by atoms with Crippen LogP contribution in [0.25, 0.3) is 5.69 Å². The largest absolute Gasteiger partial charge is 0.391 e. The zero-order valence-corrected chi connectivity index (χ0v) is 14.0. The van der Waals surface area contributed by atoms with Crippen molar-refractivity contribution in [2.24, 2.45) is 0 Å². The molecule has 2 unspecified atom stereocenters. The van der Waals surface area contributed by atoms with E-state index in [1.165, 1.54) is 0 Å². The smallest absolute Gasteiger partial charge is 0.251 e. The third-order valence-corrected chi connectivity index (χ3v) is 4.10. The first-order valence-electron chi connectivity index (χ1n) is 8.26. The van der Waals surface area contributed by atoms with Gasteiger partial charge in [0.2, 0.25) is 0 Å². The lowest BCUT2D eigenvalue weighted by Crippen LogP contribution is -2.42. The highest BCUT2D eigenvalue weighted by atomic mass is 16.3. The lowest BCUT2D eigenvalue weighted by molar-refractivity contribution is 0.0852. The van der Waals surface area contributed by atoms with Crippen LogP contribution in [0.15, 0.2) is 73.1 Å². The van der Waals surface area contributed by atoms with Gasteiger partial charge in [0.1, 0.15) is 0 Å². The summed E-state index contributed by atoms with van der Waals surface area (Å²) in [5, 5.41) is 17.4. The molecule has 1 amide bonds. The van der Waals surface area contributed by atoms with Gasteiger partial charge < -0.3 is 10.4 Å². The van der Waals surface area contributed by atoms with E-state index in [0.29, 0.717) is 12.0 Å². The Hall–Kier alpha value is -2.92. The molecule has 1 heterocycles. The Morgan fingerprint density at radius 3 is 2.68 bits per heavy atom. The number of hydrogen-bond acceptors (Lipinski definition) is 3. The predicted octanol–water partition coefficient (Wildman–Crippen LogP) is 2.59. The normalized spacial score (nSPS) is 13.2. The van der Waals surface area contributed by atoms with Crippen LogP contribution in [0.5, 0.6) is 0 Å². The number of carbonyl (C=O) groups excluding carboxylic acids is 1. The second-order valence-electron chi connectivity index (χ2n) is 6.02. The van der Waals surface area contributed by atoms with Crippen LogP contribution >= 0.6 is 0 Å². The van der Waals surface area contributed by atoms with Crippen LogP contribution in [0.2, 0.25) is 0 Å². The number of aliphatic hydroxyl groups excluding tert-OH is 1. The van der Waals surface area contributed by atoms with Crippen molar-refractivity contribution in [3.8, 4) is 5.69 Å². The molecule has 0 aliphatic heterocycles. The summed E-state index contributed by atoms with van der Waals surface area (Å²) >= 11 is 0. The Morgan fingerprint density at radius 2 is 1.96 bits per heavy atom. The van der Waals surface area contributed by atoms with Gasteiger partial charge in [0.15, 0.2) is 0 Å². The minimum Gasteiger partial charge on any atom is -0.391 e. The van der Waals surface area contributed by atoms with Gasteiger partial charge in [-0.3, -0.25) is 4.79 Å². The van der Waals surface area contributed by atoms with E-state index in [9.17, 15) is 9.90 Å². The molecule has 5 heteroatoms. The van der Waals surface area contributed by atoms with Gasteiger partial charge in [-0.15, -0.1) is 0 Å². The van der Waals surface area contributed by atoms with Crippen LogP contribution in [0.3, 0.4) is 0 Å². The standard InChI is InChI=1S/C20H21N3O2/c1-15(19(24)13-16-7-3-2-4-8-16)22-20(25)17-9-5-10-18(14-17)23-12-6-11-21-23/h2-12,14-15,19,24H,13H2,1H3,(H,22,25). The summed E-state index contributed by atoms with van der Waals surface area (Å²) in [7, 11) is 0. The minimum atomic E-state index is -0.652. The number of nitrogens with one attached hydrogen (secondary N) is 1. The highest BCUT2D eigenvalue weighted by molar-refractivity contribution is 5.94. The maximum atomic E-state index is 12.5. The molecular formula is C20H21N3O2. The summed E-state index contributed by atoms with van der Waals surface area (Å²) < 4.78 is 1.70. The SMILES string of the molecule is CC(NC(=O)c1cccc(-n2cccn2)c1)C(O)Cc1ccccc1. The molecular weight excluding hydrogens is 314 g/mol. The molecule has 128 valence electrons. The highest BCUT2D eigenvalue weighted by Crippen LogP contribution is 2.11. The van der Waals surface area contributed by atoms with Crippen LogP contribution in [0, 0.1) is 0 Å². The third-order valence-electron chi connectivity index (χ3n) is 4.10. The van der Waals surface area contributed by atoms with Crippen molar-refractivity contribution in [2.75, 3.05) is 0 Å². The van der Waals surface area contributed by atoms with Gasteiger partial charge in [-0.2, -0.15) is 5.10 Å². The number of carbonyl (C=O) groups is 1. The summed E-state index contributed by atoms with van der Waals surface area (Å²) in [6, 6.07) is 18.4. The average molecular weight is 335 g/mol. The quantitative estimate of drug-likeness (QED) is 0.728. The van der Waals surface area contributed by atoms with Gasteiger partial charge in [0.05, 0.1) is 17.8 Å². The summed E-state index contributed by atoms with van der Waals surface area (Å²) in [6.45, 7) is 1.81. The number of amides is 1. The van der Waals surface area contributed by atoms with Crippen molar-refractivity contribution in [1.82, 2.24) is 15.1 Å². The van der Waals surface area contributed by atoms with Gasteiger partial charge in [-0.05, 0) is 36.8 Å². The number of hydrogen-bond donors (Lipinski definition) is 2. The molecule has 3 aromatic rings. The Morgan fingerprint density at radius 1 is 1.16 bits per heavy atom. The summed E-state index contributed by atoms with van der Waals surface area (Å²) in [5.41, 5.74) is 2.39. The summed E-state index contributed by atoms with van der Waals surface area (Å²) in [4.78, 5) is 12.5. The average Bonchev–Trinajstić information content (AvgIpc) is 3.17. The molecule has 0 saturated heterocycles. The first-order valence-corrected chi connectivity index (χ1v) is 8.26. The van der Waals surface area contributed by atoms with E-state index in [1.54, 1.807) is 23.0 Å². The van der Waals surface area contributed by atoms with Crippen molar-refractivity contribution in [1.29, 1.82) is 0 Å². The maximum Gasteiger partial charge on any atom is 0.251 e. The molecule has 0 radical (unpaired) electrons. The fourth-order valence-electron chi connectivity index (χ4n) is 2.63. The molecule has 0 bridgehead atoms. The van der Waals surface area contributed by atoms with Gasteiger partial charge in [0, 0.05) is 24.4 Å². The van der Waals surface area contributed by atoms with Crippen LogP contribution in [0.1, 0.15) is 22.8 Å². The molecule has 5 nitrogen and oxygen atoms in total. The van der Waals surface area contributed by atoms with Crippen LogP contribution in [-0.2, 0) is 6.42 Å². The highest BCUT2D eigenvalue weighted by Gasteiger charge is 2.18. The summed E-state index contributed by atoms with van der Waals surface area (Å²) in [5.74, 6) is -0.214. The fourth-order valence-corrected chi connectivity index (χ4v) is 2.63. The van der Waals surface area contributed by atoms with E-state index in [-0.39, 0.29) is 11.9 Å². The van der Waals surface area contributed by atoms with E-state index in [1.807, 2.05) is 61.7 Å². The van der Waals surface area contributed by atoms with Gasteiger partial charge in [0.25, 0.3) is 5.91 Å². The van der Waals surface area contributed by atoms with Crippen molar-refractivity contribution >= 4 is 5.91 Å². The molecule has 1 aromatic heterocycles. The first-order chi connectivity index (χ1) is 12.1. The maximum absolute atomic E-state index is 12.5. The molecule has 2 atom stereocenters. The fraction of sp³-hybridized carbons (Fsp3) is 0.200. The second-order valence-corrected chi connectivity index (χ2v) is 6.02. The molecule has 2 aromatic carbocycles. The number of nitrogens with zero attached hydrogens (tertiary/aromatic N) is 2. The van der Waals surface area contributed by atoms with Crippen LogP contribution < -0.4 is 5.32 Å². The zero-order chi connectivity index (χ0) is 17.6. The molecule has 25 heavy (non-hydrogen) atoms. The Kier molecular flexibility index (Phi) is 5.26. The Balaban J connectivity index is 1.64. The zero-order valence-electron chi connectivity index (χ0n) is 14.0. The van der Waals surface area contributed by atoms with Gasteiger partial charge in [-0.1, -0.05) is 36.4 Å². The second kappa shape index (κ2) is 7.77. The lowest BCUT2D eigenvalue weighted by Gasteiger charge is -2.20. The monoisotopic (exact) mass is 335 g/mol. The number of aromatic nitrogens is 2.